The highest BCUT2D eigenvalue weighted by molar-refractivity contribution is 5.95. The van der Waals surface area contributed by atoms with Crippen LogP contribution in [0.3, 0.4) is 0 Å². The smallest absolute Gasteiger partial charge is 0.342 e. The highest BCUT2D eigenvalue weighted by Crippen LogP contribution is 2.36. The molecule has 0 aliphatic carbocycles. The van der Waals surface area contributed by atoms with Crippen molar-refractivity contribution in [2.24, 2.45) is 5.92 Å². The average molecular weight is 569 g/mol. The molecule has 2 amide bonds. The third-order valence-electron chi connectivity index (χ3n) is 6.61. The highest BCUT2D eigenvalue weighted by atomic mass is 19.4. The van der Waals surface area contributed by atoms with Crippen LogP contribution < -0.4 is 5.32 Å². The second-order valence-electron chi connectivity index (χ2n) is 9.80. The fourth-order valence-electron chi connectivity index (χ4n) is 4.34. The molecule has 1 aliphatic rings. The molecule has 0 spiro atoms. The van der Waals surface area contributed by atoms with E-state index in [4.69, 9.17) is 0 Å². The van der Waals surface area contributed by atoms with Gasteiger partial charge in [0.2, 0.25) is 0 Å². The zero-order valence-corrected chi connectivity index (χ0v) is 21.8. The standard InChI is InChI=1S/C26H26F6N6O2/c1-14-6-8-37(9-7-14)24(40)17-4-5-21(33-13-17)38-22(35-16(3)36-38)15(2)34-23(39)18-10-19(25(27,28)29)12-20(11-18)26(30,31)32/h4-5,10-15H,6-9H2,1-3H3,(H,34,39). The second-order valence-corrected chi connectivity index (χ2v) is 9.80. The van der Waals surface area contributed by atoms with Crippen molar-refractivity contribution in [3.63, 3.8) is 0 Å². The van der Waals surface area contributed by atoms with Crippen LogP contribution in [-0.4, -0.2) is 49.6 Å². The first-order valence-electron chi connectivity index (χ1n) is 12.4. The molecule has 1 unspecified atom stereocenters. The number of hydrogen-bond acceptors (Lipinski definition) is 5. The molecule has 1 fully saturated rings. The van der Waals surface area contributed by atoms with E-state index in [-0.39, 0.29) is 29.4 Å². The molecule has 3 heterocycles. The Morgan fingerprint density at radius 3 is 2.10 bits per heavy atom. The minimum atomic E-state index is -5.09. The molecule has 14 heteroatoms. The summed E-state index contributed by atoms with van der Waals surface area (Å²) in [6, 6.07) is 2.78. The normalized spacial score (nSPS) is 15.7. The summed E-state index contributed by atoms with van der Waals surface area (Å²) in [4.78, 5) is 35.9. The minimum Gasteiger partial charge on any atom is -0.342 e. The van der Waals surface area contributed by atoms with Crippen molar-refractivity contribution in [3.8, 4) is 5.82 Å². The van der Waals surface area contributed by atoms with Gasteiger partial charge in [0.05, 0.1) is 22.7 Å². The topological polar surface area (TPSA) is 93.0 Å². The molecule has 1 N–H and O–H groups in total. The number of hydrogen-bond donors (Lipinski definition) is 1. The summed E-state index contributed by atoms with van der Waals surface area (Å²) < 4.78 is 80.6. The number of aromatic nitrogens is 4. The number of alkyl halides is 6. The van der Waals surface area contributed by atoms with Crippen molar-refractivity contribution in [1.29, 1.82) is 0 Å². The van der Waals surface area contributed by atoms with Gasteiger partial charge in [-0.05, 0) is 62.9 Å². The van der Waals surface area contributed by atoms with Gasteiger partial charge in [-0.25, -0.2) is 9.97 Å². The first-order chi connectivity index (χ1) is 18.6. The van der Waals surface area contributed by atoms with Gasteiger partial charge in [0.25, 0.3) is 11.8 Å². The summed E-state index contributed by atoms with van der Waals surface area (Å²) in [5, 5.41) is 6.63. The summed E-state index contributed by atoms with van der Waals surface area (Å²) >= 11 is 0. The van der Waals surface area contributed by atoms with Gasteiger partial charge in [0, 0.05) is 24.8 Å². The van der Waals surface area contributed by atoms with E-state index in [2.05, 4.69) is 27.3 Å². The fraction of sp³-hybridized carbons (Fsp3) is 0.423. The maximum Gasteiger partial charge on any atom is 0.416 e. The number of rotatable bonds is 5. The van der Waals surface area contributed by atoms with Gasteiger partial charge in [0.1, 0.15) is 5.82 Å². The molecule has 1 saturated heterocycles. The molecule has 0 saturated carbocycles. The maximum atomic E-state index is 13.2. The number of aryl methyl sites for hydroxylation is 1. The molecule has 2 aromatic heterocycles. The van der Waals surface area contributed by atoms with Crippen LogP contribution in [0.1, 0.15) is 76.2 Å². The molecule has 3 aromatic rings. The Labute approximate surface area is 225 Å². The van der Waals surface area contributed by atoms with Gasteiger partial charge in [-0.1, -0.05) is 6.92 Å². The number of carbonyl (C=O) groups excluding carboxylic acids is 2. The van der Waals surface area contributed by atoms with Crippen molar-refractivity contribution in [3.05, 3.63) is 70.4 Å². The lowest BCUT2D eigenvalue weighted by atomic mass is 9.99. The predicted molar refractivity (Wildman–Crippen MR) is 131 cm³/mol. The number of pyridine rings is 1. The van der Waals surface area contributed by atoms with Crippen LogP contribution >= 0.6 is 0 Å². The summed E-state index contributed by atoms with van der Waals surface area (Å²) in [6.07, 6.45) is -6.96. The van der Waals surface area contributed by atoms with Crippen LogP contribution in [0.15, 0.2) is 36.5 Å². The Morgan fingerprint density at radius 1 is 0.975 bits per heavy atom. The first-order valence-corrected chi connectivity index (χ1v) is 12.4. The van der Waals surface area contributed by atoms with Crippen LogP contribution in [0.25, 0.3) is 5.82 Å². The zero-order valence-electron chi connectivity index (χ0n) is 21.8. The summed E-state index contributed by atoms with van der Waals surface area (Å²) in [6.45, 7) is 6.46. The quantitative estimate of drug-likeness (QED) is 0.418. The van der Waals surface area contributed by atoms with Gasteiger partial charge in [-0.3, -0.25) is 9.59 Å². The lowest BCUT2D eigenvalue weighted by Crippen LogP contribution is -2.37. The molecule has 8 nitrogen and oxygen atoms in total. The lowest BCUT2D eigenvalue weighted by molar-refractivity contribution is -0.143. The Hall–Kier alpha value is -3.97. The summed E-state index contributed by atoms with van der Waals surface area (Å²) in [5.74, 6) is -0.105. The third-order valence-corrected chi connectivity index (χ3v) is 6.61. The number of nitrogens with zero attached hydrogens (tertiary/aromatic N) is 5. The molecule has 1 atom stereocenters. The lowest BCUT2D eigenvalue weighted by Gasteiger charge is -2.30. The van der Waals surface area contributed by atoms with Gasteiger partial charge in [0.15, 0.2) is 11.6 Å². The first kappa shape index (κ1) is 29.0. The van der Waals surface area contributed by atoms with E-state index in [0.717, 1.165) is 12.8 Å². The molecule has 4 rings (SSSR count). The monoisotopic (exact) mass is 568 g/mol. The molecule has 1 aliphatic heterocycles. The van der Waals surface area contributed by atoms with Crippen LogP contribution in [0.4, 0.5) is 26.3 Å². The largest absolute Gasteiger partial charge is 0.416 e. The van der Waals surface area contributed by atoms with E-state index >= 15 is 0 Å². The van der Waals surface area contributed by atoms with Crippen molar-refractivity contribution >= 4 is 11.8 Å². The Kier molecular flexibility index (Phi) is 7.90. The number of piperidine rings is 1. The SMILES string of the molecule is Cc1nc(C(C)NC(=O)c2cc(C(F)(F)F)cc(C(F)(F)F)c2)n(-c2ccc(C(=O)N3CCC(C)CC3)cn2)n1. The van der Waals surface area contributed by atoms with Crippen LogP contribution in [0.5, 0.6) is 0 Å². The number of amides is 2. The van der Waals surface area contributed by atoms with Gasteiger partial charge in [-0.2, -0.15) is 31.0 Å². The Bertz CT molecular complexity index is 1360. The average Bonchev–Trinajstić information content (AvgIpc) is 3.29. The summed E-state index contributed by atoms with van der Waals surface area (Å²) in [5.41, 5.74) is -3.64. The molecule has 1 aromatic carbocycles. The van der Waals surface area contributed by atoms with E-state index in [1.165, 1.54) is 23.9 Å². The second kappa shape index (κ2) is 10.9. The Morgan fingerprint density at radius 2 is 1.57 bits per heavy atom. The molecule has 214 valence electrons. The van der Waals surface area contributed by atoms with E-state index in [0.29, 0.717) is 36.7 Å². The maximum absolute atomic E-state index is 13.2. The number of carbonyl (C=O) groups is 2. The zero-order chi connectivity index (χ0) is 29.4. The van der Waals surface area contributed by atoms with Crippen LogP contribution in [0.2, 0.25) is 0 Å². The van der Waals surface area contributed by atoms with Gasteiger partial charge >= 0.3 is 12.4 Å². The van der Waals surface area contributed by atoms with E-state index in [1.807, 2.05) is 0 Å². The van der Waals surface area contributed by atoms with Crippen molar-refractivity contribution < 1.29 is 35.9 Å². The van der Waals surface area contributed by atoms with Crippen molar-refractivity contribution in [1.82, 2.24) is 30.0 Å². The molecular weight excluding hydrogens is 542 g/mol. The number of halogens is 6. The van der Waals surface area contributed by atoms with E-state index < -0.39 is 41.0 Å². The van der Waals surface area contributed by atoms with Gasteiger partial charge < -0.3 is 10.2 Å². The minimum absolute atomic E-state index is 0.0495. The molecule has 0 bridgehead atoms. The van der Waals surface area contributed by atoms with Crippen LogP contribution in [-0.2, 0) is 12.4 Å². The third kappa shape index (κ3) is 6.42. The van der Waals surface area contributed by atoms with Crippen molar-refractivity contribution in [2.45, 2.75) is 52.0 Å². The predicted octanol–water partition coefficient (Wildman–Crippen LogP) is 5.37. The summed E-state index contributed by atoms with van der Waals surface area (Å²) in [7, 11) is 0. The highest BCUT2D eigenvalue weighted by Gasteiger charge is 2.37. The van der Waals surface area contributed by atoms with E-state index in [1.54, 1.807) is 17.9 Å². The van der Waals surface area contributed by atoms with Gasteiger partial charge in [-0.15, -0.1) is 5.10 Å². The van der Waals surface area contributed by atoms with Crippen LogP contribution in [0, 0.1) is 12.8 Å². The number of nitrogens with one attached hydrogen (secondary N) is 1. The molecule has 0 radical (unpaired) electrons. The number of benzene rings is 1. The Balaban J connectivity index is 1.55. The molecular formula is C26H26F6N6O2. The van der Waals surface area contributed by atoms with E-state index in [9.17, 15) is 35.9 Å². The number of likely N-dealkylation sites (tertiary alicyclic amines) is 1. The molecule has 40 heavy (non-hydrogen) atoms. The fourth-order valence-corrected chi connectivity index (χ4v) is 4.34. The van der Waals surface area contributed by atoms with Crippen molar-refractivity contribution in [2.75, 3.05) is 13.1 Å².